The van der Waals surface area contributed by atoms with Crippen molar-refractivity contribution in [1.82, 2.24) is 10.2 Å². The average molecular weight is 262 g/mol. The van der Waals surface area contributed by atoms with Gasteiger partial charge in [0.05, 0.1) is 0 Å². The Morgan fingerprint density at radius 2 is 2.22 bits per heavy atom. The third-order valence-electron chi connectivity index (χ3n) is 4.33. The molecule has 1 atom stereocenters. The zero-order valence-corrected chi connectivity index (χ0v) is 11.4. The quantitative estimate of drug-likeness (QED) is 0.907. The minimum atomic E-state index is -0.183. The molecule has 3 aliphatic rings. The highest BCUT2D eigenvalue weighted by Crippen LogP contribution is 2.48. The minimum absolute atomic E-state index is 0.138. The van der Waals surface area contributed by atoms with Gasteiger partial charge < -0.3 is 4.90 Å². The molecule has 3 fully saturated rings. The largest absolute Gasteiger partial charge is 0.320 e. The lowest BCUT2D eigenvalue weighted by atomic mass is 10.2. The van der Waals surface area contributed by atoms with Gasteiger partial charge in [0.1, 0.15) is 11.7 Å². The van der Waals surface area contributed by atoms with Crippen molar-refractivity contribution in [1.29, 1.82) is 0 Å². The minimum Gasteiger partial charge on any atom is -0.320 e. The van der Waals surface area contributed by atoms with Crippen LogP contribution in [0.2, 0.25) is 0 Å². The molecule has 18 heavy (non-hydrogen) atoms. The van der Waals surface area contributed by atoms with E-state index in [2.05, 4.69) is 29.3 Å². The second kappa shape index (κ2) is 3.58. The highest BCUT2D eigenvalue weighted by atomic mass is 32.1. The Bertz CT molecular complexity index is 502. The predicted octanol–water partition coefficient (Wildman–Crippen LogP) is 2.43. The van der Waals surface area contributed by atoms with Crippen LogP contribution in [0.3, 0.4) is 0 Å². The number of amides is 1. The monoisotopic (exact) mass is 262 g/mol. The van der Waals surface area contributed by atoms with E-state index in [1.165, 1.54) is 22.6 Å². The van der Waals surface area contributed by atoms with E-state index in [1.54, 1.807) is 0 Å². The van der Waals surface area contributed by atoms with Gasteiger partial charge in [-0.25, -0.2) is 0 Å². The fraction of sp³-hybridized carbons (Fsp3) is 0.643. The topological polar surface area (TPSA) is 32.3 Å². The van der Waals surface area contributed by atoms with Gasteiger partial charge in [-0.05, 0) is 50.7 Å². The number of carbonyl (C=O) groups is 1. The summed E-state index contributed by atoms with van der Waals surface area (Å²) >= 11 is 1.81. The van der Waals surface area contributed by atoms with E-state index in [-0.39, 0.29) is 11.7 Å². The van der Waals surface area contributed by atoms with Crippen LogP contribution >= 0.6 is 11.3 Å². The lowest BCUT2D eigenvalue weighted by Gasteiger charge is -2.23. The van der Waals surface area contributed by atoms with Gasteiger partial charge in [0.15, 0.2) is 0 Å². The standard InChI is InChI=1S/C14H18N2OS/c1-9-2-5-11(18-9)12-15-14(6-7-14)13(17)16(12)8-10-3-4-10/h2,5,10,12,15H,3-4,6-8H2,1H3. The molecule has 3 nitrogen and oxygen atoms in total. The molecule has 2 saturated carbocycles. The number of hydrogen-bond donors (Lipinski definition) is 1. The maximum Gasteiger partial charge on any atom is 0.244 e. The van der Waals surface area contributed by atoms with Crippen molar-refractivity contribution >= 4 is 17.2 Å². The van der Waals surface area contributed by atoms with Crippen molar-refractivity contribution in [2.24, 2.45) is 5.92 Å². The molecule has 0 bridgehead atoms. The molecule has 1 spiro atoms. The number of carbonyl (C=O) groups excluding carboxylic acids is 1. The first-order chi connectivity index (χ1) is 8.68. The summed E-state index contributed by atoms with van der Waals surface area (Å²) in [4.78, 5) is 17.2. The SMILES string of the molecule is Cc1ccc(C2NC3(CC3)C(=O)N2CC2CC2)s1. The van der Waals surface area contributed by atoms with Gasteiger partial charge in [-0.15, -0.1) is 11.3 Å². The van der Waals surface area contributed by atoms with E-state index in [0.29, 0.717) is 5.91 Å². The van der Waals surface area contributed by atoms with Crippen LogP contribution in [0, 0.1) is 12.8 Å². The fourth-order valence-corrected chi connectivity index (χ4v) is 3.81. The van der Waals surface area contributed by atoms with Gasteiger partial charge in [0, 0.05) is 16.3 Å². The summed E-state index contributed by atoms with van der Waals surface area (Å²) in [6.45, 7) is 3.08. The Morgan fingerprint density at radius 3 is 2.78 bits per heavy atom. The van der Waals surface area contributed by atoms with Crippen LogP contribution in [-0.2, 0) is 4.79 Å². The number of hydrogen-bond acceptors (Lipinski definition) is 3. The highest BCUT2D eigenvalue weighted by Gasteiger charge is 2.59. The van der Waals surface area contributed by atoms with Crippen LogP contribution in [0.1, 0.15) is 41.6 Å². The normalized spacial score (nSPS) is 29.3. The molecule has 1 N–H and O–H groups in total. The first-order valence-corrected chi connectivity index (χ1v) is 7.65. The molecule has 2 aliphatic carbocycles. The van der Waals surface area contributed by atoms with Gasteiger partial charge in [-0.3, -0.25) is 10.1 Å². The Labute approximate surface area is 111 Å². The summed E-state index contributed by atoms with van der Waals surface area (Å²) in [5.74, 6) is 1.11. The lowest BCUT2D eigenvalue weighted by molar-refractivity contribution is -0.131. The van der Waals surface area contributed by atoms with Gasteiger partial charge in [-0.1, -0.05) is 0 Å². The number of nitrogens with one attached hydrogen (secondary N) is 1. The molecule has 0 aromatic carbocycles. The molecule has 0 radical (unpaired) electrons. The van der Waals surface area contributed by atoms with Crippen LogP contribution in [0.25, 0.3) is 0 Å². The molecule has 4 heteroatoms. The molecule has 4 rings (SSSR count). The average Bonchev–Trinajstić information content (AvgIpc) is 3.24. The van der Waals surface area contributed by atoms with Crippen molar-refractivity contribution in [2.45, 2.75) is 44.3 Å². The zero-order chi connectivity index (χ0) is 12.3. The summed E-state index contributed by atoms with van der Waals surface area (Å²) in [7, 11) is 0. The Hall–Kier alpha value is -0.870. The van der Waals surface area contributed by atoms with Gasteiger partial charge in [-0.2, -0.15) is 0 Å². The maximum atomic E-state index is 12.5. The van der Waals surface area contributed by atoms with Crippen LogP contribution in [0.5, 0.6) is 0 Å². The number of nitrogens with zero attached hydrogens (tertiary/aromatic N) is 1. The Balaban J connectivity index is 1.64. The lowest BCUT2D eigenvalue weighted by Crippen LogP contribution is -2.33. The summed E-state index contributed by atoms with van der Waals surface area (Å²) in [6, 6.07) is 4.32. The molecular weight excluding hydrogens is 244 g/mol. The second-order valence-corrected chi connectivity index (χ2v) is 7.30. The Morgan fingerprint density at radius 1 is 1.44 bits per heavy atom. The van der Waals surface area contributed by atoms with E-state index in [1.807, 2.05) is 11.3 Å². The number of aryl methyl sites for hydroxylation is 1. The molecule has 2 heterocycles. The van der Waals surface area contributed by atoms with Gasteiger partial charge in [0.25, 0.3) is 0 Å². The molecule has 96 valence electrons. The third kappa shape index (κ3) is 1.62. The van der Waals surface area contributed by atoms with Gasteiger partial charge in [0.2, 0.25) is 5.91 Å². The predicted molar refractivity (Wildman–Crippen MR) is 71.3 cm³/mol. The van der Waals surface area contributed by atoms with Gasteiger partial charge >= 0.3 is 0 Å². The molecule has 1 aromatic heterocycles. The van der Waals surface area contributed by atoms with E-state index >= 15 is 0 Å². The van der Waals surface area contributed by atoms with E-state index in [4.69, 9.17) is 0 Å². The van der Waals surface area contributed by atoms with Crippen LogP contribution < -0.4 is 5.32 Å². The molecule has 1 aromatic rings. The summed E-state index contributed by atoms with van der Waals surface area (Å²) in [5, 5.41) is 3.59. The summed E-state index contributed by atoms with van der Waals surface area (Å²) in [5.41, 5.74) is -0.183. The first kappa shape index (κ1) is 11.0. The van der Waals surface area contributed by atoms with E-state index in [0.717, 1.165) is 25.3 Å². The van der Waals surface area contributed by atoms with Crippen LogP contribution in [-0.4, -0.2) is 22.9 Å². The molecule has 1 unspecified atom stereocenters. The molecule has 1 aliphatic heterocycles. The van der Waals surface area contributed by atoms with Crippen LogP contribution in [0.15, 0.2) is 12.1 Å². The smallest absolute Gasteiger partial charge is 0.244 e. The van der Waals surface area contributed by atoms with Crippen molar-refractivity contribution in [3.8, 4) is 0 Å². The maximum absolute atomic E-state index is 12.5. The van der Waals surface area contributed by atoms with E-state index in [9.17, 15) is 4.79 Å². The number of rotatable bonds is 3. The first-order valence-electron chi connectivity index (χ1n) is 6.83. The third-order valence-corrected chi connectivity index (χ3v) is 5.38. The summed E-state index contributed by atoms with van der Waals surface area (Å²) in [6.07, 6.45) is 4.78. The molecule has 1 saturated heterocycles. The van der Waals surface area contributed by atoms with E-state index < -0.39 is 0 Å². The second-order valence-electron chi connectivity index (χ2n) is 5.98. The van der Waals surface area contributed by atoms with Crippen molar-refractivity contribution in [3.63, 3.8) is 0 Å². The van der Waals surface area contributed by atoms with Crippen molar-refractivity contribution in [2.75, 3.05) is 6.54 Å². The number of thiophene rings is 1. The molecule has 1 amide bonds. The van der Waals surface area contributed by atoms with Crippen LogP contribution in [0.4, 0.5) is 0 Å². The van der Waals surface area contributed by atoms with Crippen molar-refractivity contribution < 1.29 is 4.79 Å². The fourth-order valence-electron chi connectivity index (χ4n) is 2.87. The Kier molecular flexibility index (Phi) is 2.19. The summed E-state index contributed by atoms with van der Waals surface area (Å²) < 4.78 is 0. The zero-order valence-electron chi connectivity index (χ0n) is 10.6. The molecular formula is C14H18N2OS. The highest BCUT2D eigenvalue weighted by molar-refractivity contribution is 7.12. The van der Waals surface area contributed by atoms with Crippen molar-refractivity contribution in [3.05, 3.63) is 21.9 Å².